The van der Waals surface area contributed by atoms with Crippen LogP contribution in [0.15, 0.2) is 53.6 Å². The highest BCUT2D eigenvalue weighted by molar-refractivity contribution is 14.1. The third kappa shape index (κ3) is 5.46. The number of ether oxygens (including phenoxy) is 2. The summed E-state index contributed by atoms with van der Waals surface area (Å²) < 4.78 is 11.6. The van der Waals surface area contributed by atoms with Crippen molar-refractivity contribution in [2.24, 2.45) is 5.11 Å². The summed E-state index contributed by atoms with van der Waals surface area (Å²) in [6.07, 6.45) is 0. The van der Waals surface area contributed by atoms with Gasteiger partial charge in [-0.3, -0.25) is 0 Å². The zero-order chi connectivity index (χ0) is 16.5. The fraction of sp³-hybridized carbons (Fsp3) is 0.188. The van der Waals surface area contributed by atoms with E-state index in [1.54, 1.807) is 36.4 Å². The van der Waals surface area contributed by atoms with Crippen LogP contribution in [0.4, 0.5) is 0 Å². The first-order chi connectivity index (χ1) is 11.2. The first kappa shape index (κ1) is 17.1. The molecular weight excluding hydrogens is 409 g/mol. The number of hydrogen-bond donors (Lipinski definition) is 0. The smallest absolute Gasteiger partial charge is 0.343 e. The van der Waals surface area contributed by atoms with Crippen LogP contribution in [0.5, 0.6) is 11.5 Å². The summed E-state index contributed by atoms with van der Waals surface area (Å²) >= 11 is 2.27. The van der Waals surface area contributed by atoms with E-state index in [1.807, 2.05) is 12.1 Å². The van der Waals surface area contributed by atoms with Crippen molar-refractivity contribution in [2.75, 3.05) is 13.2 Å². The van der Waals surface area contributed by atoms with Gasteiger partial charge in [-0.15, -0.1) is 0 Å². The Morgan fingerprint density at radius 2 is 1.74 bits per heavy atom. The summed E-state index contributed by atoms with van der Waals surface area (Å²) in [5.41, 5.74) is 9.77. The Kier molecular flexibility index (Phi) is 6.71. The highest BCUT2D eigenvalue weighted by Gasteiger charge is 2.08. The predicted molar refractivity (Wildman–Crippen MR) is 95.1 cm³/mol. The molecule has 2 aromatic rings. The van der Waals surface area contributed by atoms with E-state index in [9.17, 15) is 4.79 Å². The molecule has 0 saturated heterocycles. The normalized spacial score (nSPS) is 9.78. The third-order valence-electron chi connectivity index (χ3n) is 2.90. The highest BCUT2D eigenvalue weighted by atomic mass is 127. The van der Waals surface area contributed by atoms with E-state index >= 15 is 0 Å². The van der Waals surface area contributed by atoms with Crippen molar-refractivity contribution in [3.05, 3.63) is 70.1 Å². The van der Waals surface area contributed by atoms with Gasteiger partial charge in [0.25, 0.3) is 0 Å². The molecular formula is C16H14IN3O3. The van der Waals surface area contributed by atoms with E-state index in [4.69, 9.17) is 15.0 Å². The van der Waals surface area contributed by atoms with Gasteiger partial charge in [0.2, 0.25) is 0 Å². The monoisotopic (exact) mass is 423 g/mol. The first-order valence-electron chi connectivity index (χ1n) is 6.83. The number of rotatable bonds is 7. The van der Waals surface area contributed by atoms with Gasteiger partial charge in [0.1, 0.15) is 11.5 Å². The molecule has 0 radical (unpaired) electrons. The van der Waals surface area contributed by atoms with E-state index in [0.717, 1.165) is 4.43 Å². The van der Waals surface area contributed by atoms with Gasteiger partial charge < -0.3 is 9.47 Å². The minimum atomic E-state index is -0.423. The summed E-state index contributed by atoms with van der Waals surface area (Å²) in [5.74, 6) is 0.687. The zero-order valence-electron chi connectivity index (χ0n) is 12.2. The maximum atomic E-state index is 12.1. The molecule has 2 rings (SSSR count). The third-order valence-corrected chi connectivity index (χ3v) is 3.78. The van der Waals surface area contributed by atoms with Crippen molar-refractivity contribution in [3.8, 4) is 11.5 Å². The van der Waals surface area contributed by atoms with Crippen molar-refractivity contribution >= 4 is 28.6 Å². The molecule has 0 bridgehead atoms. The number of carbonyl (C=O) groups is 1. The summed E-state index contributed by atoms with van der Waals surface area (Å²) in [7, 11) is 0. The van der Waals surface area contributed by atoms with Gasteiger partial charge in [-0.2, -0.15) is 0 Å². The molecule has 0 atom stereocenters. The van der Waals surface area contributed by atoms with Crippen LogP contribution >= 0.6 is 22.6 Å². The van der Waals surface area contributed by atoms with Gasteiger partial charge in [-0.25, -0.2) is 4.79 Å². The minimum Gasteiger partial charge on any atom is -0.493 e. The lowest BCUT2D eigenvalue weighted by Crippen LogP contribution is -2.08. The van der Waals surface area contributed by atoms with E-state index < -0.39 is 5.97 Å². The molecule has 0 aliphatic heterocycles. The van der Waals surface area contributed by atoms with Gasteiger partial charge in [0.15, 0.2) is 0 Å². The molecule has 6 nitrogen and oxygen atoms in total. The fourth-order valence-corrected chi connectivity index (χ4v) is 2.26. The summed E-state index contributed by atoms with van der Waals surface area (Å²) in [6.45, 7) is 0.546. The molecule has 0 fully saturated rings. The van der Waals surface area contributed by atoms with Crippen molar-refractivity contribution < 1.29 is 14.3 Å². The van der Waals surface area contributed by atoms with Crippen LogP contribution in [0.2, 0.25) is 0 Å². The van der Waals surface area contributed by atoms with Gasteiger partial charge in [0.05, 0.1) is 18.7 Å². The zero-order valence-corrected chi connectivity index (χ0v) is 14.3. The van der Waals surface area contributed by atoms with Crippen LogP contribution in [-0.4, -0.2) is 19.1 Å². The van der Waals surface area contributed by atoms with Crippen LogP contribution in [0, 0.1) is 0 Å². The largest absolute Gasteiger partial charge is 0.493 e. The SMILES string of the molecule is [N-]=[N+]=NCCOc1ccc(C(=O)Oc2ccc(CI)cc2)cc1. The summed E-state index contributed by atoms with van der Waals surface area (Å²) in [4.78, 5) is 14.7. The molecule has 0 spiro atoms. The van der Waals surface area contributed by atoms with Crippen LogP contribution in [0.25, 0.3) is 10.4 Å². The quantitative estimate of drug-likeness (QED) is 0.0959. The van der Waals surface area contributed by atoms with Gasteiger partial charge >= 0.3 is 5.97 Å². The Morgan fingerprint density at radius 3 is 2.35 bits per heavy atom. The topological polar surface area (TPSA) is 84.3 Å². The molecule has 0 aromatic heterocycles. The lowest BCUT2D eigenvalue weighted by Gasteiger charge is -2.07. The summed E-state index contributed by atoms with van der Waals surface area (Å²) in [6, 6.07) is 14.0. The number of carbonyl (C=O) groups excluding carboxylic acids is 1. The second-order valence-corrected chi connectivity index (χ2v) is 5.26. The van der Waals surface area contributed by atoms with Crippen molar-refractivity contribution in [2.45, 2.75) is 4.43 Å². The molecule has 0 heterocycles. The number of halogens is 1. The second-order valence-electron chi connectivity index (χ2n) is 4.49. The number of nitrogens with zero attached hydrogens (tertiary/aromatic N) is 3. The standard InChI is InChI=1S/C16H14IN3O3/c17-11-12-1-5-15(6-2-12)23-16(21)13-3-7-14(8-4-13)22-10-9-19-20-18/h1-8H,9-11H2. The molecule has 0 saturated carbocycles. The molecule has 2 aromatic carbocycles. The first-order valence-corrected chi connectivity index (χ1v) is 8.36. The van der Waals surface area contributed by atoms with Crippen LogP contribution in [0.3, 0.4) is 0 Å². The fourth-order valence-electron chi connectivity index (χ4n) is 1.75. The highest BCUT2D eigenvalue weighted by Crippen LogP contribution is 2.17. The van der Waals surface area contributed by atoms with Crippen molar-refractivity contribution in [1.29, 1.82) is 0 Å². The Balaban J connectivity index is 1.92. The van der Waals surface area contributed by atoms with E-state index in [1.165, 1.54) is 5.56 Å². The molecule has 0 N–H and O–H groups in total. The van der Waals surface area contributed by atoms with Gasteiger partial charge in [-0.05, 0) is 47.5 Å². The maximum Gasteiger partial charge on any atom is 0.343 e. The average molecular weight is 423 g/mol. The average Bonchev–Trinajstić information content (AvgIpc) is 2.60. The molecule has 0 unspecified atom stereocenters. The number of alkyl halides is 1. The second kappa shape index (κ2) is 9.02. The van der Waals surface area contributed by atoms with Crippen molar-refractivity contribution in [1.82, 2.24) is 0 Å². The van der Waals surface area contributed by atoms with E-state index in [0.29, 0.717) is 17.1 Å². The van der Waals surface area contributed by atoms with Gasteiger partial charge in [-0.1, -0.05) is 39.8 Å². The number of hydrogen-bond acceptors (Lipinski definition) is 4. The number of benzene rings is 2. The molecule has 118 valence electrons. The molecule has 0 aliphatic carbocycles. The van der Waals surface area contributed by atoms with Crippen LogP contribution < -0.4 is 9.47 Å². The molecule has 0 amide bonds. The lowest BCUT2D eigenvalue weighted by molar-refractivity contribution is 0.0734. The Morgan fingerprint density at radius 1 is 1.09 bits per heavy atom. The molecule has 23 heavy (non-hydrogen) atoms. The van der Waals surface area contributed by atoms with E-state index in [-0.39, 0.29) is 13.2 Å². The van der Waals surface area contributed by atoms with Crippen molar-refractivity contribution in [3.63, 3.8) is 0 Å². The van der Waals surface area contributed by atoms with Gasteiger partial charge in [0, 0.05) is 9.34 Å². The summed E-state index contributed by atoms with van der Waals surface area (Å²) in [5, 5.41) is 3.37. The Labute approximate surface area is 147 Å². The molecule has 0 aliphatic rings. The van der Waals surface area contributed by atoms with E-state index in [2.05, 4.69) is 32.6 Å². The predicted octanol–water partition coefficient (Wildman–Crippen LogP) is 4.53. The Bertz CT molecular complexity index is 696. The van der Waals surface area contributed by atoms with Crippen LogP contribution in [0.1, 0.15) is 15.9 Å². The molecule has 7 heteroatoms. The van der Waals surface area contributed by atoms with Crippen LogP contribution in [-0.2, 0) is 4.43 Å². The minimum absolute atomic E-state index is 0.257. The maximum absolute atomic E-state index is 12.1. The Hall–Kier alpha value is -2.25. The lowest BCUT2D eigenvalue weighted by atomic mass is 10.2. The number of azide groups is 1. The number of esters is 1.